The van der Waals surface area contributed by atoms with E-state index >= 15 is 0 Å². The van der Waals surface area contributed by atoms with Gasteiger partial charge in [-0.1, -0.05) is 11.6 Å². The zero-order chi connectivity index (χ0) is 15.4. The number of carbonyl (C=O) groups is 1. The molecule has 0 spiro atoms. The van der Waals surface area contributed by atoms with Crippen LogP contribution >= 0.6 is 27.5 Å². The Bertz CT molecular complexity index is 659. The molecule has 21 heavy (non-hydrogen) atoms. The highest BCUT2D eigenvalue weighted by Gasteiger charge is 2.08. The summed E-state index contributed by atoms with van der Waals surface area (Å²) in [4.78, 5) is 11.9. The number of amides is 1. The molecule has 0 saturated carbocycles. The Morgan fingerprint density at radius 2 is 2.00 bits per heavy atom. The number of rotatable bonds is 4. The van der Waals surface area contributed by atoms with Crippen LogP contribution in [-0.2, 0) is 4.79 Å². The molecule has 0 bridgehead atoms. The van der Waals surface area contributed by atoms with Gasteiger partial charge in [-0.3, -0.25) is 4.79 Å². The average Bonchev–Trinajstić information content (AvgIpc) is 2.44. The number of nitrogens with two attached hydrogens (primary N) is 1. The highest BCUT2D eigenvalue weighted by molar-refractivity contribution is 9.10. The summed E-state index contributed by atoms with van der Waals surface area (Å²) < 4.78 is 6.14. The molecule has 0 unspecified atom stereocenters. The topological polar surface area (TPSA) is 64.3 Å². The molecule has 1 amide bonds. The molecular weight excluding hydrogens is 356 g/mol. The molecule has 0 aliphatic carbocycles. The van der Waals surface area contributed by atoms with Crippen molar-refractivity contribution in [1.82, 2.24) is 0 Å². The van der Waals surface area contributed by atoms with E-state index in [1.54, 1.807) is 30.3 Å². The first kappa shape index (κ1) is 15.7. The van der Waals surface area contributed by atoms with Gasteiger partial charge in [0.05, 0.1) is 5.69 Å². The highest BCUT2D eigenvalue weighted by Crippen LogP contribution is 2.27. The Morgan fingerprint density at radius 3 is 2.67 bits per heavy atom. The van der Waals surface area contributed by atoms with E-state index in [2.05, 4.69) is 21.2 Å². The Balaban J connectivity index is 1.96. The molecule has 6 heteroatoms. The number of hydrogen-bond donors (Lipinski definition) is 2. The summed E-state index contributed by atoms with van der Waals surface area (Å²) in [6.07, 6.45) is 0. The maximum absolute atomic E-state index is 11.9. The van der Waals surface area contributed by atoms with E-state index in [1.807, 2.05) is 13.0 Å². The molecule has 2 aromatic carbocycles. The fourth-order valence-corrected chi connectivity index (χ4v) is 2.33. The lowest BCUT2D eigenvalue weighted by Gasteiger charge is -2.11. The van der Waals surface area contributed by atoms with Crippen LogP contribution < -0.4 is 15.8 Å². The van der Waals surface area contributed by atoms with Crippen molar-refractivity contribution < 1.29 is 9.53 Å². The van der Waals surface area contributed by atoms with Crippen molar-refractivity contribution in [2.24, 2.45) is 0 Å². The number of benzene rings is 2. The van der Waals surface area contributed by atoms with E-state index in [4.69, 9.17) is 22.1 Å². The predicted molar refractivity (Wildman–Crippen MR) is 88.9 cm³/mol. The van der Waals surface area contributed by atoms with Crippen LogP contribution in [0.4, 0.5) is 11.4 Å². The number of carbonyl (C=O) groups excluding carboxylic acids is 1. The van der Waals surface area contributed by atoms with Crippen molar-refractivity contribution in [2.75, 3.05) is 17.7 Å². The number of aryl methyl sites for hydroxylation is 1. The summed E-state index contributed by atoms with van der Waals surface area (Å²) in [5.41, 5.74) is 8.00. The zero-order valence-corrected chi connectivity index (χ0v) is 13.7. The first-order chi connectivity index (χ1) is 9.95. The highest BCUT2D eigenvalue weighted by atomic mass is 79.9. The van der Waals surface area contributed by atoms with E-state index < -0.39 is 0 Å². The van der Waals surface area contributed by atoms with Crippen molar-refractivity contribution in [1.29, 1.82) is 0 Å². The summed E-state index contributed by atoms with van der Waals surface area (Å²) >= 11 is 9.16. The van der Waals surface area contributed by atoms with Gasteiger partial charge >= 0.3 is 0 Å². The third kappa shape index (κ3) is 4.37. The lowest BCUT2D eigenvalue weighted by atomic mass is 10.2. The molecule has 0 fully saturated rings. The number of halogens is 2. The van der Waals surface area contributed by atoms with Gasteiger partial charge in [0.25, 0.3) is 5.91 Å². The van der Waals surface area contributed by atoms with Crippen LogP contribution in [0.5, 0.6) is 5.75 Å². The molecule has 3 N–H and O–H groups in total. The monoisotopic (exact) mass is 368 g/mol. The molecule has 2 aromatic rings. The Labute approximate surface area is 136 Å². The summed E-state index contributed by atoms with van der Waals surface area (Å²) in [6.45, 7) is 1.80. The molecule has 0 saturated heterocycles. The minimum Gasteiger partial charge on any atom is -0.484 e. The number of nitrogen functional groups attached to an aromatic ring is 1. The molecule has 2 rings (SSSR count). The van der Waals surface area contributed by atoms with Gasteiger partial charge in [0.1, 0.15) is 5.75 Å². The Morgan fingerprint density at radius 1 is 1.33 bits per heavy atom. The molecule has 0 radical (unpaired) electrons. The average molecular weight is 370 g/mol. The number of nitrogens with one attached hydrogen (secondary N) is 1. The van der Waals surface area contributed by atoms with Gasteiger partial charge in [-0.15, -0.1) is 0 Å². The number of ether oxygens (including phenoxy) is 1. The van der Waals surface area contributed by atoms with Crippen molar-refractivity contribution in [2.45, 2.75) is 6.92 Å². The largest absolute Gasteiger partial charge is 0.484 e. The number of hydrogen-bond acceptors (Lipinski definition) is 3. The standard InChI is InChI=1S/C15H14BrClN2O2/c1-9-6-12(16)14(7-13(9)18)19-15(20)8-21-11-4-2-10(17)3-5-11/h2-7H,8,18H2,1H3,(H,19,20). The second-order valence-corrected chi connectivity index (χ2v) is 5.77. The maximum atomic E-state index is 11.9. The van der Waals surface area contributed by atoms with Crippen molar-refractivity contribution in [3.63, 3.8) is 0 Å². The molecule has 0 atom stereocenters. The van der Waals surface area contributed by atoms with Gasteiger partial charge in [-0.25, -0.2) is 0 Å². The van der Waals surface area contributed by atoms with Gasteiger partial charge in [0, 0.05) is 15.2 Å². The maximum Gasteiger partial charge on any atom is 0.262 e. The molecule has 0 aromatic heterocycles. The third-order valence-corrected chi connectivity index (χ3v) is 3.72. The van der Waals surface area contributed by atoms with Gasteiger partial charge in [0.15, 0.2) is 6.61 Å². The van der Waals surface area contributed by atoms with E-state index in [0.717, 1.165) is 10.0 Å². The fraction of sp³-hybridized carbons (Fsp3) is 0.133. The minimum absolute atomic E-state index is 0.0954. The second kappa shape index (κ2) is 6.83. The zero-order valence-electron chi connectivity index (χ0n) is 11.3. The van der Waals surface area contributed by atoms with Gasteiger partial charge in [0.2, 0.25) is 0 Å². The Hall–Kier alpha value is -1.72. The van der Waals surface area contributed by atoms with E-state index in [-0.39, 0.29) is 12.5 Å². The Kier molecular flexibility index (Phi) is 5.09. The van der Waals surface area contributed by atoms with Crippen LogP contribution in [0, 0.1) is 6.92 Å². The summed E-state index contributed by atoms with van der Waals surface area (Å²) in [5, 5.41) is 3.36. The van der Waals surface area contributed by atoms with Gasteiger partial charge in [-0.05, 0) is 64.8 Å². The van der Waals surface area contributed by atoms with E-state index in [1.165, 1.54) is 0 Å². The van der Waals surface area contributed by atoms with Crippen LogP contribution in [0.3, 0.4) is 0 Å². The smallest absolute Gasteiger partial charge is 0.262 e. The van der Waals surface area contributed by atoms with Gasteiger partial charge in [-0.2, -0.15) is 0 Å². The SMILES string of the molecule is Cc1cc(Br)c(NC(=O)COc2ccc(Cl)cc2)cc1N. The summed E-state index contributed by atoms with van der Waals surface area (Å²) in [5.74, 6) is 0.311. The van der Waals surface area contributed by atoms with Crippen LogP contribution in [0.2, 0.25) is 5.02 Å². The summed E-state index contributed by atoms with van der Waals surface area (Å²) in [6, 6.07) is 10.4. The fourth-order valence-electron chi connectivity index (χ4n) is 1.65. The van der Waals surface area contributed by atoms with E-state index in [0.29, 0.717) is 22.1 Å². The molecule has 110 valence electrons. The molecule has 0 aliphatic rings. The summed E-state index contributed by atoms with van der Waals surface area (Å²) in [7, 11) is 0. The van der Waals surface area contributed by atoms with Crippen LogP contribution in [0.25, 0.3) is 0 Å². The van der Waals surface area contributed by atoms with Crippen LogP contribution in [0.15, 0.2) is 40.9 Å². The first-order valence-electron chi connectivity index (χ1n) is 6.19. The van der Waals surface area contributed by atoms with Gasteiger partial charge < -0.3 is 15.8 Å². The lowest BCUT2D eigenvalue weighted by molar-refractivity contribution is -0.118. The predicted octanol–water partition coefficient (Wildman–Crippen LogP) is 4.01. The lowest BCUT2D eigenvalue weighted by Crippen LogP contribution is -2.20. The number of anilines is 2. The van der Waals surface area contributed by atoms with Crippen molar-refractivity contribution in [3.8, 4) is 5.75 Å². The third-order valence-electron chi connectivity index (χ3n) is 2.81. The van der Waals surface area contributed by atoms with Crippen molar-refractivity contribution in [3.05, 3.63) is 51.5 Å². The van der Waals surface area contributed by atoms with E-state index in [9.17, 15) is 4.79 Å². The second-order valence-electron chi connectivity index (χ2n) is 4.48. The van der Waals surface area contributed by atoms with Crippen molar-refractivity contribution >= 4 is 44.8 Å². The quantitative estimate of drug-likeness (QED) is 0.800. The molecular formula is C15H14BrClN2O2. The van der Waals surface area contributed by atoms with Crippen LogP contribution in [-0.4, -0.2) is 12.5 Å². The first-order valence-corrected chi connectivity index (χ1v) is 7.36. The van der Waals surface area contributed by atoms with Crippen LogP contribution in [0.1, 0.15) is 5.56 Å². The minimum atomic E-state index is -0.270. The normalized spacial score (nSPS) is 10.2. The molecule has 0 aliphatic heterocycles. The molecule has 4 nitrogen and oxygen atoms in total. The molecule has 0 heterocycles.